The standard InChI is InChI=1S/C12H23N3O4S.ClH/c1-13-20(17,18)9-11-3-2-5-15(11)12(16)7-10-8-19-6-4-14-10;/h10-11,13-14H,2-9H2,1H3;1H. The first-order valence-electron chi connectivity index (χ1n) is 7.03. The van der Waals surface area contributed by atoms with E-state index in [1.54, 1.807) is 4.90 Å². The van der Waals surface area contributed by atoms with E-state index in [-0.39, 0.29) is 36.2 Å². The molecule has 2 N–H and O–H groups in total. The highest BCUT2D eigenvalue weighted by molar-refractivity contribution is 7.89. The molecule has 2 unspecified atom stereocenters. The Morgan fingerprint density at radius 3 is 2.86 bits per heavy atom. The second kappa shape index (κ2) is 8.28. The van der Waals surface area contributed by atoms with Crippen molar-refractivity contribution in [2.45, 2.75) is 31.3 Å². The number of rotatable bonds is 5. The van der Waals surface area contributed by atoms with Gasteiger partial charge < -0.3 is 15.0 Å². The van der Waals surface area contributed by atoms with Crippen molar-refractivity contribution in [3.05, 3.63) is 0 Å². The summed E-state index contributed by atoms with van der Waals surface area (Å²) in [5, 5.41) is 3.24. The summed E-state index contributed by atoms with van der Waals surface area (Å²) >= 11 is 0. The summed E-state index contributed by atoms with van der Waals surface area (Å²) in [6.07, 6.45) is 1.99. The third-order valence-corrected chi connectivity index (χ3v) is 5.29. The highest BCUT2D eigenvalue weighted by Crippen LogP contribution is 2.20. The van der Waals surface area contributed by atoms with Gasteiger partial charge in [-0.3, -0.25) is 4.79 Å². The van der Waals surface area contributed by atoms with Gasteiger partial charge in [-0.05, 0) is 19.9 Å². The molecule has 0 aromatic heterocycles. The molecule has 1 amide bonds. The molecule has 0 radical (unpaired) electrons. The van der Waals surface area contributed by atoms with E-state index in [1.807, 2.05) is 0 Å². The van der Waals surface area contributed by atoms with E-state index in [0.717, 1.165) is 19.4 Å². The lowest BCUT2D eigenvalue weighted by molar-refractivity contribution is -0.132. The molecule has 9 heteroatoms. The van der Waals surface area contributed by atoms with E-state index >= 15 is 0 Å². The van der Waals surface area contributed by atoms with Crippen molar-refractivity contribution in [2.24, 2.45) is 0 Å². The van der Waals surface area contributed by atoms with Crippen molar-refractivity contribution in [3.63, 3.8) is 0 Å². The van der Waals surface area contributed by atoms with Gasteiger partial charge in [0.25, 0.3) is 0 Å². The van der Waals surface area contributed by atoms with Crippen LogP contribution in [0.5, 0.6) is 0 Å². The molecule has 2 rings (SSSR count). The van der Waals surface area contributed by atoms with Crippen LogP contribution >= 0.6 is 12.4 Å². The highest BCUT2D eigenvalue weighted by Gasteiger charge is 2.33. The van der Waals surface area contributed by atoms with Crippen LogP contribution in [0.1, 0.15) is 19.3 Å². The molecular weight excluding hydrogens is 318 g/mol. The Labute approximate surface area is 132 Å². The molecule has 2 aliphatic heterocycles. The summed E-state index contributed by atoms with van der Waals surface area (Å²) < 4.78 is 30.9. The second-order valence-electron chi connectivity index (χ2n) is 5.30. The van der Waals surface area contributed by atoms with E-state index in [1.165, 1.54) is 7.05 Å². The van der Waals surface area contributed by atoms with Gasteiger partial charge in [0.1, 0.15) is 0 Å². The summed E-state index contributed by atoms with van der Waals surface area (Å²) in [5.74, 6) is 0.00547. The minimum atomic E-state index is -3.29. The van der Waals surface area contributed by atoms with Gasteiger partial charge in [0.05, 0.1) is 19.0 Å². The maximum Gasteiger partial charge on any atom is 0.224 e. The van der Waals surface area contributed by atoms with Gasteiger partial charge in [-0.25, -0.2) is 13.1 Å². The fourth-order valence-electron chi connectivity index (χ4n) is 2.75. The third kappa shape index (κ3) is 5.37. The van der Waals surface area contributed by atoms with Gasteiger partial charge in [-0.15, -0.1) is 12.4 Å². The van der Waals surface area contributed by atoms with Crippen molar-refractivity contribution in [1.82, 2.24) is 14.9 Å². The Kier molecular flexibility index (Phi) is 7.35. The van der Waals surface area contributed by atoms with Crippen LogP contribution in [0.3, 0.4) is 0 Å². The lowest BCUT2D eigenvalue weighted by Gasteiger charge is -2.28. The predicted molar refractivity (Wildman–Crippen MR) is 82.1 cm³/mol. The monoisotopic (exact) mass is 341 g/mol. The number of nitrogens with one attached hydrogen (secondary N) is 2. The topological polar surface area (TPSA) is 87.7 Å². The largest absolute Gasteiger partial charge is 0.378 e. The lowest BCUT2D eigenvalue weighted by Crippen LogP contribution is -2.47. The van der Waals surface area contributed by atoms with E-state index in [2.05, 4.69) is 10.0 Å². The van der Waals surface area contributed by atoms with E-state index in [4.69, 9.17) is 4.74 Å². The quantitative estimate of drug-likeness (QED) is 0.692. The SMILES string of the molecule is CNS(=O)(=O)CC1CCCN1C(=O)CC1COCCN1.Cl. The molecule has 0 aromatic carbocycles. The Morgan fingerprint density at radius 2 is 2.24 bits per heavy atom. The smallest absolute Gasteiger partial charge is 0.224 e. The number of hydrogen-bond acceptors (Lipinski definition) is 5. The molecule has 0 spiro atoms. The number of nitrogens with zero attached hydrogens (tertiary/aromatic N) is 1. The van der Waals surface area contributed by atoms with Crippen LogP contribution in [-0.2, 0) is 19.6 Å². The Morgan fingerprint density at radius 1 is 1.48 bits per heavy atom. The van der Waals surface area contributed by atoms with Crippen molar-refractivity contribution in [1.29, 1.82) is 0 Å². The molecule has 0 aromatic rings. The maximum atomic E-state index is 12.3. The minimum Gasteiger partial charge on any atom is -0.378 e. The normalized spacial score (nSPS) is 26.4. The van der Waals surface area contributed by atoms with Gasteiger partial charge in [0.15, 0.2) is 0 Å². The number of amides is 1. The van der Waals surface area contributed by atoms with E-state index in [0.29, 0.717) is 26.2 Å². The average molecular weight is 342 g/mol. The van der Waals surface area contributed by atoms with Gasteiger partial charge >= 0.3 is 0 Å². The first-order chi connectivity index (χ1) is 9.52. The number of carbonyl (C=O) groups is 1. The molecule has 0 saturated carbocycles. The summed E-state index contributed by atoms with van der Waals surface area (Å²) in [6.45, 7) is 2.63. The molecule has 124 valence electrons. The molecule has 2 atom stereocenters. The van der Waals surface area contributed by atoms with Crippen LogP contribution in [0.2, 0.25) is 0 Å². The van der Waals surface area contributed by atoms with Crippen molar-refractivity contribution < 1.29 is 17.9 Å². The number of ether oxygens (including phenoxy) is 1. The van der Waals surface area contributed by atoms with Gasteiger partial charge in [-0.1, -0.05) is 0 Å². The number of sulfonamides is 1. The van der Waals surface area contributed by atoms with Crippen LogP contribution < -0.4 is 10.0 Å². The first kappa shape index (κ1) is 18.6. The van der Waals surface area contributed by atoms with Crippen LogP contribution in [0, 0.1) is 0 Å². The number of halogens is 1. The molecule has 2 fully saturated rings. The van der Waals surface area contributed by atoms with E-state index in [9.17, 15) is 13.2 Å². The summed E-state index contributed by atoms with van der Waals surface area (Å²) in [7, 11) is -1.88. The number of morpholine rings is 1. The Balaban J connectivity index is 0.00000220. The average Bonchev–Trinajstić information content (AvgIpc) is 2.87. The Hall–Kier alpha value is -0.410. The molecule has 2 aliphatic rings. The lowest BCUT2D eigenvalue weighted by atomic mass is 10.1. The Bertz CT molecular complexity index is 440. The second-order valence-corrected chi connectivity index (χ2v) is 7.27. The van der Waals surface area contributed by atoms with Crippen molar-refractivity contribution in [2.75, 3.05) is 39.1 Å². The molecule has 21 heavy (non-hydrogen) atoms. The highest BCUT2D eigenvalue weighted by atomic mass is 35.5. The fraction of sp³-hybridized carbons (Fsp3) is 0.917. The van der Waals surface area contributed by atoms with Gasteiger partial charge in [0.2, 0.25) is 15.9 Å². The van der Waals surface area contributed by atoms with Gasteiger partial charge in [-0.2, -0.15) is 0 Å². The summed E-state index contributed by atoms with van der Waals surface area (Å²) in [6, 6.07) is -0.164. The number of hydrogen-bond donors (Lipinski definition) is 2. The summed E-state index contributed by atoms with van der Waals surface area (Å²) in [5.41, 5.74) is 0. The first-order valence-corrected chi connectivity index (χ1v) is 8.69. The van der Waals surface area contributed by atoms with Crippen LogP contribution in [0.15, 0.2) is 0 Å². The van der Waals surface area contributed by atoms with Gasteiger partial charge in [0, 0.05) is 31.6 Å². The molecule has 0 bridgehead atoms. The van der Waals surface area contributed by atoms with Crippen LogP contribution in [0.25, 0.3) is 0 Å². The fourth-order valence-corrected chi connectivity index (χ4v) is 3.77. The van der Waals surface area contributed by atoms with Crippen molar-refractivity contribution >= 4 is 28.3 Å². The zero-order valence-electron chi connectivity index (χ0n) is 12.2. The maximum absolute atomic E-state index is 12.3. The summed E-state index contributed by atoms with van der Waals surface area (Å²) in [4.78, 5) is 14.0. The number of likely N-dealkylation sites (tertiary alicyclic amines) is 1. The molecule has 0 aliphatic carbocycles. The molecule has 2 heterocycles. The molecular formula is C12H24ClN3O4S. The number of carbonyl (C=O) groups excluding carboxylic acids is 1. The zero-order chi connectivity index (χ0) is 14.6. The van der Waals surface area contributed by atoms with Crippen LogP contribution in [-0.4, -0.2) is 70.4 Å². The van der Waals surface area contributed by atoms with E-state index < -0.39 is 10.0 Å². The molecule has 2 saturated heterocycles. The van der Waals surface area contributed by atoms with Crippen LogP contribution in [0.4, 0.5) is 0 Å². The predicted octanol–water partition coefficient (Wildman–Crippen LogP) is -0.673. The molecule has 7 nitrogen and oxygen atoms in total. The van der Waals surface area contributed by atoms with Crippen molar-refractivity contribution in [3.8, 4) is 0 Å². The minimum absolute atomic E-state index is 0. The zero-order valence-corrected chi connectivity index (χ0v) is 13.8. The third-order valence-electron chi connectivity index (χ3n) is 3.84.